The summed E-state index contributed by atoms with van der Waals surface area (Å²) in [5.74, 6) is 0.624. The Balaban J connectivity index is 1.80. The van der Waals surface area contributed by atoms with E-state index in [1.165, 1.54) is 11.2 Å². The Morgan fingerprint density at radius 1 is 1.13 bits per heavy atom. The zero-order valence-electron chi connectivity index (χ0n) is 12.4. The van der Waals surface area contributed by atoms with E-state index in [9.17, 15) is 4.79 Å². The molecule has 1 aliphatic carbocycles. The molecule has 0 bridgehead atoms. The Kier molecular flexibility index (Phi) is 3.34. The van der Waals surface area contributed by atoms with Gasteiger partial charge in [-0.15, -0.1) is 10.2 Å². The summed E-state index contributed by atoms with van der Waals surface area (Å²) in [4.78, 5) is 21.9. The van der Waals surface area contributed by atoms with Crippen molar-refractivity contribution in [2.24, 2.45) is 0 Å². The summed E-state index contributed by atoms with van der Waals surface area (Å²) in [6.07, 6.45) is 5.33. The van der Waals surface area contributed by atoms with E-state index in [0.29, 0.717) is 17.6 Å². The van der Waals surface area contributed by atoms with Crippen LogP contribution in [-0.4, -0.2) is 26.1 Å². The van der Waals surface area contributed by atoms with Gasteiger partial charge in [0.25, 0.3) is 5.91 Å². The van der Waals surface area contributed by atoms with Crippen molar-refractivity contribution in [2.75, 3.05) is 4.90 Å². The molecule has 0 unspecified atom stereocenters. The number of carbonyl (C=O) groups is 1. The van der Waals surface area contributed by atoms with Gasteiger partial charge in [-0.1, -0.05) is 24.3 Å². The van der Waals surface area contributed by atoms with Gasteiger partial charge in [0.05, 0.1) is 5.69 Å². The third kappa shape index (κ3) is 2.59. The smallest absolute Gasteiger partial charge is 0.284 e. The number of hydrogen-bond donors (Lipinski definition) is 1. The van der Waals surface area contributed by atoms with Crippen LogP contribution >= 0.6 is 0 Å². The van der Waals surface area contributed by atoms with Gasteiger partial charge in [0, 0.05) is 6.20 Å². The lowest BCUT2D eigenvalue weighted by Crippen LogP contribution is -2.28. The molecule has 1 aliphatic rings. The molecule has 23 heavy (non-hydrogen) atoms. The van der Waals surface area contributed by atoms with Crippen molar-refractivity contribution in [3.63, 3.8) is 0 Å². The van der Waals surface area contributed by atoms with Gasteiger partial charge in [0.2, 0.25) is 5.95 Å². The van der Waals surface area contributed by atoms with E-state index in [0.717, 1.165) is 24.1 Å². The van der Waals surface area contributed by atoms with E-state index < -0.39 is 0 Å². The minimum atomic E-state index is -0.199. The molecule has 6 heteroatoms. The molecule has 0 spiro atoms. The molecule has 0 saturated heterocycles. The monoisotopic (exact) mass is 305 g/mol. The fraction of sp³-hybridized carbons (Fsp3) is 0.176. The summed E-state index contributed by atoms with van der Waals surface area (Å²) >= 11 is 0. The number of benzene rings is 1. The van der Waals surface area contributed by atoms with E-state index in [2.05, 4.69) is 20.2 Å². The topological polar surface area (TPSA) is 74.8 Å². The molecule has 0 radical (unpaired) electrons. The molecule has 1 aromatic carbocycles. The summed E-state index contributed by atoms with van der Waals surface area (Å²) in [5.41, 5.74) is 2.22. The molecule has 2 aromatic heterocycles. The summed E-state index contributed by atoms with van der Waals surface area (Å²) < 4.78 is 0. The number of hydrogen-bond acceptors (Lipinski definition) is 4. The Labute approximate surface area is 133 Å². The molecule has 0 aliphatic heterocycles. The molecule has 0 atom stereocenters. The molecular formula is C17H15N5O. The van der Waals surface area contributed by atoms with Crippen LogP contribution in [0.15, 0.2) is 55.0 Å². The van der Waals surface area contributed by atoms with Crippen molar-refractivity contribution in [3.8, 4) is 0 Å². The predicted molar refractivity (Wildman–Crippen MR) is 85.5 cm³/mol. The summed E-state index contributed by atoms with van der Waals surface area (Å²) in [6.45, 7) is 0. The minimum absolute atomic E-state index is 0.199. The standard InChI is InChI=1S/C17H15N5O/c23-16(15-14(12-8-9-12)7-4-10-18-15)22(17-19-11-20-21-17)13-5-2-1-3-6-13/h1-7,10-12H,8-9H2,(H,19,20,21). The Hall–Kier alpha value is -3.02. The highest BCUT2D eigenvalue weighted by Crippen LogP contribution is 2.41. The number of anilines is 2. The number of pyridine rings is 1. The van der Waals surface area contributed by atoms with E-state index in [1.807, 2.05) is 42.5 Å². The van der Waals surface area contributed by atoms with Gasteiger partial charge in [0.15, 0.2) is 0 Å². The van der Waals surface area contributed by atoms with Gasteiger partial charge in [-0.3, -0.25) is 9.78 Å². The molecule has 6 nitrogen and oxygen atoms in total. The van der Waals surface area contributed by atoms with Crippen LogP contribution in [0.4, 0.5) is 11.6 Å². The third-order valence-electron chi connectivity index (χ3n) is 3.89. The first-order valence-electron chi connectivity index (χ1n) is 7.55. The second kappa shape index (κ2) is 5.64. The van der Waals surface area contributed by atoms with Crippen LogP contribution in [0.1, 0.15) is 34.8 Å². The SMILES string of the molecule is O=C(c1ncccc1C1CC1)N(c1ccccc1)c1nnc[nH]1. The molecule has 2 heterocycles. The Morgan fingerprint density at radius 2 is 1.96 bits per heavy atom. The molecule has 1 N–H and O–H groups in total. The lowest BCUT2D eigenvalue weighted by molar-refractivity contribution is 0.0992. The highest BCUT2D eigenvalue weighted by molar-refractivity contribution is 6.09. The normalized spacial score (nSPS) is 13.7. The summed E-state index contributed by atoms with van der Waals surface area (Å²) in [5, 5.41) is 7.80. The van der Waals surface area contributed by atoms with E-state index in [1.54, 1.807) is 6.20 Å². The van der Waals surface area contributed by atoms with Crippen molar-refractivity contribution in [1.82, 2.24) is 20.2 Å². The van der Waals surface area contributed by atoms with Crippen molar-refractivity contribution in [2.45, 2.75) is 18.8 Å². The van der Waals surface area contributed by atoms with Gasteiger partial charge < -0.3 is 4.98 Å². The van der Waals surface area contributed by atoms with E-state index in [4.69, 9.17) is 0 Å². The maximum absolute atomic E-state index is 13.2. The average Bonchev–Trinajstić information content (AvgIpc) is 3.32. The number of H-pyrrole nitrogens is 1. The first-order chi connectivity index (χ1) is 11.3. The van der Waals surface area contributed by atoms with Crippen molar-refractivity contribution in [1.29, 1.82) is 0 Å². The summed E-state index contributed by atoms with van der Waals surface area (Å²) in [6, 6.07) is 13.3. The van der Waals surface area contributed by atoms with Gasteiger partial charge >= 0.3 is 0 Å². The number of amides is 1. The molecule has 4 rings (SSSR count). The number of aromatic nitrogens is 4. The number of carbonyl (C=O) groups excluding carboxylic acids is 1. The van der Waals surface area contributed by atoms with E-state index >= 15 is 0 Å². The number of nitrogens with zero attached hydrogens (tertiary/aromatic N) is 4. The van der Waals surface area contributed by atoms with Crippen LogP contribution in [0.5, 0.6) is 0 Å². The fourth-order valence-corrected chi connectivity index (χ4v) is 2.65. The molecule has 1 fully saturated rings. The zero-order valence-corrected chi connectivity index (χ0v) is 12.4. The lowest BCUT2D eigenvalue weighted by Gasteiger charge is -2.20. The lowest BCUT2D eigenvalue weighted by atomic mass is 10.1. The molecule has 1 amide bonds. The van der Waals surface area contributed by atoms with Crippen molar-refractivity contribution < 1.29 is 4.79 Å². The first-order valence-corrected chi connectivity index (χ1v) is 7.55. The predicted octanol–water partition coefficient (Wildman–Crippen LogP) is 3.06. The second-order valence-corrected chi connectivity index (χ2v) is 5.50. The molecular weight excluding hydrogens is 290 g/mol. The van der Waals surface area contributed by atoms with Crippen LogP contribution in [0.25, 0.3) is 0 Å². The molecule has 3 aromatic rings. The van der Waals surface area contributed by atoms with Crippen LogP contribution in [0, 0.1) is 0 Å². The average molecular weight is 305 g/mol. The minimum Gasteiger partial charge on any atom is -0.313 e. The van der Waals surface area contributed by atoms with Crippen LogP contribution < -0.4 is 4.90 Å². The summed E-state index contributed by atoms with van der Waals surface area (Å²) in [7, 11) is 0. The first kappa shape index (κ1) is 13.6. The number of aromatic amines is 1. The highest BCUT2D eigenvalue weighted by Gasteiger charge is 2.32. The van der Waals surface area contributed by atoms with Gasteiger partial charge in [0.1, 0.15) is 12.0 Å². The number of nitrogens with one attached hydrogen (secondary N) is 1. The number of para-hydroxylation sites is 1. The van der Waals surface area contributed by atoms with Crippen molar-refractivity contribution in [3.05, 3.63) is 66.2 Å². The van der Waals surface area contributed by atoms with Crippen LogP contribution in [-0.2, 0) is 0 Å². The quantitative estimate of drug-likeness (QED) is 0.804. The Morgan fingerprint density at radius 3 is 2.65 bits per heavy atom. The molecule has 1 saturated carbocycles. The van der Waals surface area contributed by atoms with E-state index in [-0.39, 0.29) is 5.91 Å². The van der Waals surface area contributed by atoms with Gasteiger partial charge in [-0.2, -0.15) is 0 Å². The fourth-order valence-electron chi connectivity index (χ4n) is 2.65. The maximum Gasteiger partial charge on any atom is 0.284 e. The third-order valence-corrected chi connectivity index (χ3v) is 3.89. The Bertz CT molecular complexity index is 812. The van der Waals surface area contributed by atoms with Crippen LogP contribution in [0.3, 0.4) is 0 Å². The van der Waals surface area contributed by atoms with Crippen molar-refractivity contribution >= 4 is 17.5 Å². The second-order valence-electron chi connectivity index (χ2n) is 5.50. The largest absolute Gasteiger partial charge is 0.313 e. The maximum atomic E-state index is 13.2. The molecule has 114 valence electrons. The highest BCUT2D eigenvalue weighted by atomic mass is 16.2. The number of rotatable bonds is 4. The zero-order chi connectivity index (χ0) is 15.6. The van der Waals surface area contributed by atoms with Gasteiger partial charge in [-0.25, -0.2) is 4.90 Å². The van der Waals surface area contributed by atoms with Crippen LogP contribution in [0.2, 0.25) is 0 Å². The van der Waals surface area contributed by atoms with Gasteiger partial charge in [-0.05, 0) is 42.5 Å².